The molecule has 0 saturated heterocycles. The first-order valence-electron chi connectivity index (χ1n) is 6.30. The molecule has 0 aliphatic rings. The van der Waals surface area contributed by atoms with Gasteiger partial charge in [-0.3, -0.25) is 10.1 Å². The normalized spacial score (nSPS) is 10.9. The standard InChI is InChI=1S/C15H10ClFN2O2S/c1-7-4-8(16)5-10(13(7)20)14(21)19-15-18-11-3-2-9(17)6-12(11)22-15/h2-6,20H,1H3,(H,18,19,21). The maximum atomic E-state index is 13.2. The SMILES string of the molecule is Cc1cc(Cl)cc(C(=O)Nc2nc3ccc(F)cc3s2)c1O. The van der Waals surface area contributed by atoms with E-state index in [2.05, 4.69) is 10.3 Å². The highest BCUT2D eigenvalue weighted by atomic mass is 35.5. The molecule has 3 aromatic rings. The number of phenols is 1. The Balaban J connectivity index is 1.93. The Morgan fingerprint density at radius 2 is 2.14 bits per heavy atom. The Morgan fingerprint density at radius 3 is 2.91 bits per heavy atom. The lowest BCUT2D eigenvalue weighted by Crippen LogP contribution is -2.12. The van der Waals surface area contributed by atoms with Crippen LogP contribution >= 0.6 is 22.9 Å². The highest BCUT2D eigenvalue weighted by Gasteiger charge is 2.16. The number of thiazole rings is 1. The molecule has 1 aromatic heterocycles. The van der Waals surface area contributed by atoms with Gasteiger partial charge >= 0.3 is 0 Å². The van der Waals surface area contributed by atoms with Crippen LogP contribution in [0.4, 0.5) is 9.52 Å². The number of nitrogens with one attached hydrogen (secondary N) is 1. The zero-order chi connectivity index (χ0) is 15.9. The maximum absolute atomic E-state index is 13.2. The molecule has 1 amide bonds. The Bertz CT molecular complexity index is 895. The molecular weight excluding hydrogens is 327 g/mol. The zero-order valence-corrected chi connectivity index (χ0v) is 12.9. The summed E-state index contributed by atoms with van der Waals surface area (Å²) in [5.74, 6) is -1.02. The minimum Gasteiger partial charge on any atom is -0.507 e. The molecule has 0 saturated carbocycles. The number of halogens is 2. The number of anilines is 1. The number of nitrogens with zero attached hydrogens (tertiary/aromatic N) is 1. The van der Waals surface area contributed by atoms with Crippen molar-refractivity contribution in [2.24, 2.45) is 0 Å². The molecule has 0 fully saturated rings. The molecule has 7 heteroatoms. The second-order valence-electron chi connectivity index (χ2n) is 4.70. The quantitative estimate of drug-likeness (QED) is 0.731. The molecule has 4 nitrogen and oxygen atoms in total. The summed E-state index contributed by atoms with van der Waals surface area (Å²) in [6, 6.07) is 7.14. The Morgan fingerprint density at radius 1 is 1.36 bits per heavy atom. The lowest BCUT2D eigenvalue weighted by atomic mass is 10.1. The largest absolute Gasteiger partial charge is 0.507 e. The van der Waals surface area contributed by atoms with Crippen LogP contribution in [-0.2, 0) is 0 Å². The van der Waals surface area contributed by atoms with Crippen molar-refractivity contribution in [3.8, 4) is 5.75 Å². The number of phenolic OH excluding ortho intramolecular Hbond substituents is 1. The van der Waals surface area contributed by atoms with Gasteiger partial charge in [0.15, 0.2) is 5.13 Å². The van der Waals surface area contributed by atoms with Crippen LogP contribution in [0, 0.1) is 12.7 Å². The van der Waals surface area contributed by atoms with E-state index in [9.17, 15) is 14.3 Å². The summed E-state index contributed by atoms with van der Waals surface area (Å²) in [6.45, 7) is 1.65. The van der Waals surface area contributed by atoms with Crippen LogP contribution in [0.15, 0.2) is 30.3 Å². The number of aromatic nitrogens is 1. The van der Waals surface area contributed by atoms with Crippen molar-refractivity contribution in [1.29, 1.82) is 0 Å². The predicted octanol–water partition coefficient (Wildman–Crippen LogP) is 4.36. The van der Waals surface area contributed by atoms with E-state index >= 15 is 0 Å². The minimum atomic E-state index is -0.525. The monoisotopic (exact) mass is 336 g/mol. The van der Waals surface area contributed by atoms with E-state index < -0.39 is 5.91 Å². The fourth-order valence-corrected chi connectivity index (χ4v) is 3.18. The number of benzene rings is 2. The Kier molecular flexibility index (Phi) is 3.72. The number of aromatic hydroxyl groups is 1. The van der Waals surface area contributed by atoms with Crippen LogP contribution in [0.25, 0.3) is 10.2 Å². The number of amides is 1. The van der Waals surface area contributed by atoms with Crippen molar-refractivity contribution in [1.82, 2.24) is 4.98 Å². The molecule has 1 heterocycles. The van der Waals surface area contributed by atoms with E-state index in [4.69, 9.17) is 11.6 Å². The van der Waals surface area contributed by atoms with Crippen molar-refractivity contribution in [2.45, 2.75) is 6.92 Å². The summed E-state index contributed by atoms with van der Waals surface area (Å²) in [4.78, 5) is 16.4. The maximum Gasteiger partial charge on any atom is 0.261 e. The van der Waals surface area contributed by atoms with Gasteiger partial charge in [0.2, 0.25) is 0 Å². The van der Waals surface area contributed by atoms with Crippen LogP contribution < -0.4 is 5.32 Å². The van der Waals surface area contributed by atoms with Gasteiger partial charge in [0.05, 0.1) is 15.8 Å². The zero-order valence-electron chi connectivity index (χ0n) is 11.4. The number of fused-ring (bicyclic) bond motifs is 1. The van der Waals surface area contributed by atoms with Gasteiger partial charge in [0, 0.05) is 5.02 Å². The molecule has 0 atom stereocenters. The second kappa shape index (κ2) is 5.55. The van der Waals surface area contributed by atoms with E-state index in [-0.39, 0.29) is 17.1 Å². The average molecular weight is 337 g/mol. The van der Waals surface area contributed by atoms with Crippen LogP contribution in [-0.4, -0.2) is 16.0 Å². The van der Waals surface area contributed by atoms with E-state index in [0.29, 0.717) is 25.9 Å². The fourth-order valence-electron chi connectivity index (χ4n) is 2.02. The van der Waals surface area contributed by atoms with Crippen molar-refractivity contribution < 1.29 is 14.3 Å². The molecule has 3 rings (SSSR count). The lowest BCUT2D eigenvalue weighted by molar-refractivity contribution is 0.102. The van der Waals surface area contributed by atoms with E-state index in [1.54, 1.807) is 13.0 Å². The number of carbonyl (C=O) groups excluding carboxylic acids is 1. The van der Waals surface area contributed by atoms with Gasteiger partial charge in [-0.05, 0) is 42.8 Å². The third-order valence-electron chi connectivity index (χ3n) is 3.08. The molecule has 2 aromatic carbocycles. The van der Waals surface area contributed by atoms with Crippen LogP contribution in [0.3, 0.4) is 0 Å². The van der Waals surface area contributed by atoms with Gasteiger partial charge in [-0.15, -0.1) is 0 Å². The topological polar surface area (TPSA) is 62.2 Å². The van der Waals surface area contributed by atoms with Crippen molar-refractivity contribution in [3.63, 3.8) is 0 Å². The first kappa shape index (κ1) is 14.7. The van der Waals surface area contributed by atoms with Gasteiger partial charge in [-0.1, -0.05) is 22.9 Å². The molecular formula is C15H10ClFN2O2S. The molecule has 0 unspecified atom stereocenters. The van der Waals surface area contributed by atoms with Crippen molar-refractivity contribution >= 4 is 44.2 Å². The van der Waals surface area contributed by atoms with Crippen LogP contribution in [0.1, 0.15) is 15.9 Å². The van der Waals surface area contributed by atoms with E-state index in [1.165, 1.54) is 24.3 Å². The molecule has 112 valence electrons. The molecule has 0 radical (unpaired) electrons. The van der Waals surface area contributed by atoms with E-state index in [0.717, 1.165) is 11.3 Å². The Labute approximate surface area is 134 Å². The third-order valence-corrected chi connectivity index (χ3v) is 4.23. The molecule has 22 heavy (non-hydrogen) atoms. The summed E-state index contributed by atoms with van der Waals surface area (Å²) < 4.78 is 13.8. The minimum absolute atomic E-state index is 0.0652. The summed E-state index contributed by atoms with van der Waals surface area (Å²) in [7, 11) is 0. The van der Waals surface area contributed by atoms with Crippen LogP contribution in [0.2, 0.25) is 5.02 Å². The number of hydrogen-bond donors (Lipinski definition) is 2. The number of aryl methyl sites for hydroxylation is 1. The number of hydrogen-bond acceptors (Lipinski definition) is 4. The molecule has 0 spiro atoms. The van der Waals surface area contributed by atoms with Crippen molar-refractivity contribution in [3.05, 3.63) is 52.3 Å². The van der Waals surface area contributed by atoms with Crippen molar-refractivity contribution in [2.75, 3.05) is 5.32 Å². The summed E-state index contributed by atoms with van der Waals surface area (Å²) in [5.41, 5.74) is 1.16. The average Bonchev–Trinajstić information content (AvgIpc) is 2.83. The summed E-state index contributed by atoms with van der Waals surface area (Å²) in [6.07, 6.45) is 0. The highest BCUT2D eigenvalue weighted by Crippen LogP contribution is 2.30. The predicted molar refractivity (Wildman–Crippen MR) is 85.4 cm³/mol. The van der Waals surface area contributed by atoms with Gasteiger partial charge in [0.25, 0.3) is 5.91 Å². The highest BCUT2D eigenvalue weighted by molar-refractivity contribution is 7.22. The third kappa shape index (κ3) is 2.75. The summed E-state index contributed by atoms with van der Waals surface area (Å²) in [5, 5.41) is 13.2. The second-order valence-corrected chi connectivity index (χ2v) is 6.17. The molecule has 0 aliphatic heterocycles. The Hall–Kier alpha value is -2.18. The first-order chi connectivity index (χ1) is 10.4. The first-order valence-corrected chi connectivity index (χ1v) is 7.50. The smallest absolute Gasteiger partial charge is 0.261 e. The van der Waals surface area contributed by atoms with Gasteiger partial charge in [0.1, 0.15) is 11.6 Å². The van der Waals surface area contributed by atoms with Crippen LogP contribution in [0.5, 0.6) is 5.75 Å². The van der Waals surface area contributed by atoms with Gasteiger partial charge < -0.3 is 5.11 Å². The number of rotatable bonds is 2. The van der Waals surface area contributed by atoms with Gasteiger partial charge in [-0.2, -0.15) is 0 Å². The summed E-state index contributed by atoms with van der Waals surface area (Å²) >= 11 is 7.06. The molecule has 0 bridgehead atoms. The van der Waals surface area contributed by atoms with Gasteiger partial charge in [-0.25, -0.2) is 9.37 Å². The number of carbonyl (C=O) groups is 1. The molecule has 2 N–H and O–H groups in total. The van der Waals surface area contributed by atoms with E-state index in [1.807, 2.05) is 0 Å². The molecule has 0 aliphatic carbocycles. The lowest BCUT2D eigenvalue weighted by Gasteiger charge is -2.07. The fraction of sp³-hybridized carbons (Fsp3) is 0.0667.